The van der Waals surface area contributed by atoms with E-state index in [1.165, 1.54) is 24.3 Å². The molecular weight excluding hydrogens is 258 g/mol. The van der Waals surface area contributed by atoms with Crippen molar-refractivity contribution >= 4 is 11.6 Å². The van der Waals surface area contributed by atoms with E-state index in [-0.39, 0.29) is 11.7 Å². The average Bonchev–Trinajstić information content (AvgIpc) is 2.34. The fourth-order valence-corrected chi connectivity index (χ4v) is 1.83. The Balaban J connectivity index is 2.34. The van der Waals surface area contributed by atoms with Gasteiger partial charge in [0.1, 0.15) is 23.1 Å². The molecule has 0 bridgehead atoms. The lowest BCUT2D eigenvalue weighted by molar-refractivity contribution is 0.468. The van der Waals surface area contributed by atoms with Crippen LogP contribution in [-0.2, 0) is 5.88 Å². The van der Waals surface area contributed by atoms with Crippen molar-refractivity contribution in [1.29, 1.82) is 0 Å². The molecule has 0 unspecified atom stereocenters. The molecule has 0 aliphatic heterocycles. The molecule has 0 saturated heterocycles. The van der Waals surface area contributed by atoms with E-state index in [0.717, 1.165) is 0 Å². The molecule has 0 N–H and O–H groups in total. The van der Waals surface area contributed by atoms with Crippen molar-refractivity contribution in [2.75, 3.05) is 0 Å². The Kier molecular flexibility index (Phi) is 3.82. The van der Waals surface area contributed by atoms with E-state index >= 15 is 0 Å². The van der Waals surface area contributed by atoms with Gasteiger partial charge in [0.05, 0.1) is 5.88 Å². The van der Waals surface area contributed by atoms with E-state index in [1.807, 2.05) is 0 Å². The largest absolute Gasteiger partial charge is 0.457 e. The Hall–Kier alpha value is -1.61. The van der Waals surface area contributed by atoms with Gasteiger partial charge >= 0.3 is 0 Å². The Morgan fingerprint density at radius 2 is 1.89 bits per heavy atom. The maximum absolute atomic E-state index is 13.5. The lowest BCUT2D eigenvalue weighted by Gasteiger charge is -2.10. The molecule has 0 aromatic heterocycles. The molecule has 2 aromatic rings. The first-order valence-corrected chi connectivity index (χ1v) is 5.92. The van der Waals surface area contributed by atoms with Crippen molar-refractivity contribution in [3.8, 4) is 11.5 Å². The Labute approximate surface area is 109 Å². The Bertz CT molecular complexity index is 570. The molecule has 4 heteroatoms. The van der Waals surface area contributed by atoms with Gasteiger partial charge in [-0.05, 0) is 42.8 Å². The second kappa shape index (κ2) is 5.36. The van der Waals surface area contributed by atoms with Crippen LogP contribution >= 0.6 is 11.6 Å². The number of ether oxygens (including phenoxy) is 1. The summed E-state index contributed by atoms with van der Waals surface area (Å²) >= 11 is 5.68. The van der Waals surface area contributed by atoms with E-state index in [4.69, 9.17) is 16.3 Å². The van der Waals surface area contributed by atoms with Gasteiger partial charge in [-0.15, -0.1) is 11.6 Å². The first kappa shape index (κ1) is 12.8. The first-order chi connectivity index (χ1) is 8.61. The van der Waals surface area contributed by atoms with Crippen LogP contribution in [-0.4, -0.2) is 0 Å². The molecule has 0 aliphatic carbocycles. The van der Waals surface area contributed by atoms with E-state index in [0.29, 0.717) is 22.6 Å². The summed E-state index contributed by atoms with van der Waals surface area (Å²) in [5, 5.41) is 0. The highest BCUT2D eigenvalue weighted by Crippen LogP contribution is 2.29. The van der Waals surface area contributed by atoms with Gasteiger partial charge in [0.15, 0.2) is 0 Å². The standard InChI is InChI=1S/C14H11ClF2O/c1-9-7-10(5-6-12(9)16)18-14-4-2-3-13(17)11(14)8-15/h2-7H,8H2,1H3. The number of hydrogen-bond acceptors (Lipinski definition) is 1. The van der Waals surface area contributed by atoms with Gasteiger partial charge in [-0.25, -0.2) is 8.78 Å². The Morgan fingerprint density at radius 1 is 1.11 bits per heavy atom. The van der Waals surface area contributed by atoms with E-state index < -0.39 is 5.82 Å². The molecule has 0 fully saturated rings. The minimum Gasteiger partial charge on any atom is -0.457 e. The minimum atomic E-state index is -0.415. The number of aryl methyl sites for hydroxylation is 1. The molecular formula is C14H11ClF2O. The highest BCUT2D eigenvalue weighted by Gasteiger charge is 2.10. The second-order valence-corrected chi connectivity index (χ2v) is 4.13. The molecule has 0 amide bonds. The molecule has 0 radical (unpaired) electrons. The number of benzene rings is 2. The van der Waals surface area contributed by atoms with Crippen LogP contribution in [0.2, 0.25) is 0 Å². The van der Waals surface area contributed by atoms with E-state index in [1.54, 1.807) is 19.1 Å². The third-order valence-electron chi connectivity index (χ3n) is 2.57. The van der Waals surface area contributed by atoms with Crippen molar-refractivity contribution in [3.05, 3.63) is 59.2 Å². The fourth-order valence-electron chi connectivity index (χ4n) is 1.57. The number of halogens is 3. The summed E-state index contributed by atoms with van der Waals surface area (Å²) in [7, 11) is 0. The zero-order chi connectivity index (χ0) is 13.1. The lowest BCUT2D eigenvalue weighted by Crippen LogP contribution is -1.94. The lowest BCUT2D eigenvalue weighted by atomic mass is 10.2. The van der Waals surface area contributed by atoms with Crippen LogP contribution in [0.4, 0.5) is 8.78 Å². The van der Waals surface area contributed by atoms with Crippen LogP contribution in [0.1, 0.15) is 11.1 Å². The summed E-state index contributed by atoms with van der Waals surface area (Å²) in [6, 6.07) is 8.84. The molecule has 1 nitrogen and oxygen atoms in total. The maximum Gasteiger partial charge on any atom is 0.134 e. The highest BCUT2D eigenvalue weighted by molar-refractivity contribution is 6.17. The molecule has 0 atom stereocenters. The van der Waals surface area contributed by atoms with Gasteiger partial charge in [0.2, 0.25) is 0 Å². The molecule has 0 saturated carbocycles. The summed E-state index contributed by atoms with van der Waals surface area (Å²) in [6.07, 6.45) is 0. The second-order valence-electron chi connectivity index (χ2n) is 3.86. The van der Waals surface area contributed by atoms with Gasteiger partial charge in [-0.2, -0.15) is 0 Å². The van der Waals surface area contributed by atoms with Crippen LogP contribution < -0.4 is 4.74 Å². The van der Waals surface area contributed by atoms with E-state index in [2.05, 4.69) is 0 Å². The summed E-state index contributed by atoms with van der Waals surface area (Å²) in [4.78, 5) is 0. The predicted octanol–water partition coefficient (Wildman–Crippen LogP) is 4.80. The topological polar surface area (TPSA) is 9.23 Å². The monoisotopic (exact) mass is 268 g/mol. The van der Waals surface area contributed by atoms with Crippen molar-refractivity contribution in [2.24, 2.45) is 0 Å². The van der Waals surface area contributed by atoms with E-state index in [9.17, 15) is 8.78 Å². The predicted molar refractivity (Wildman–Crippen MR) is 67.2 cm³/mol. The van der Waals surface area contributed by atoms with Gasteiger partial charge in [-0.3, -0.25) is 0 Å². The molecule has 2 rings (SSSR count). The minimum absolute atomic E-state index is 0.0161. The third-order valence-corrected chi connectivity index (χ3v) is 2.83. The zero-order valence-electron chi connectivity index (χ0n) is 9.71. The molecule has 0 spiro atoms. The van der Waals surface area contributed by atoms with Crippen molar-refractivity contribution in [1.82, 2.24) is 0 Å². The normalized spacial score (nSPS) is 10.4. The van der Waals surface area contributed by atoms with Gasteiger partial charge < -0.3 is 4.74 Å². The third kappa shape index (κ3) is 2.62. The Morgan fingerprint density at radius 3 is 2.56 bits per heavy atom. The van der Waals surface area contributed by atoms with Gasteiger partial charge in [-0.1, -0.05) is 6.07 Å². The molecule has 2 aromatic carbocycles. The highest BCUT2D eigenvalue weighted by atomic mass is 35.5. The van der Waals surface area contributed by atoms with Crippen molar-refractivity contribution in [3.63, 3.8) is 0 Å². The molecule has 0 heterocycles. The zero-order valence-corrected chi connectivity index (χ0v) is 10.5. The summed E-state index contributed by atoms with van der Waals surface area (Å²) in [6.45, 7) is 1.64. The number of hydrogen-bond donors (Lipinski definition) is 0. The first-order valence-electron chi connectivity index (χ1n) is 5.39. The van der Waals surface area contributed by atoms with Crippen molar-refractivity contribution < 1.29 is 13.5 Å². The van der Waals surface area contributed by atoms with Crippen LogP contribution in [0, 0.1) is 18.6 Å². The quantitative estimate of drug-likeness (QED) is 0.726. The average molecular weight is 269 g/mol. The van der Waals surface area contributed by atoms with Gasteiger partial charge in [0.25, 0.3) is 0 Å². The van der Waals surface area contributed by atoms with Crippen LogP contribution in [0.5, 0.6) is 11.5 Å². The molecule has 94 valence electrons. The van der Waals surface area contributed by atoms with Crippen LogP contribution in [0.25, 0.3) is 0 Å². The van der Waals surface area contributed by atoms with Gasteiger partial charge in [0, 0.05) is 5.56 Å². The maximum atomic E-state index is 13.5. The SMILES string of the molecule is Cc1cc(Oc2cccc(F)c2CCl)ccc1F. The summed E-state index contributed by atoms with van der Waals surface area (Å²) < 4.78 is 32.1. The van der Waals surface area contributed by atoms with Crippen LogP contribution in [0.3, 0.4) is 0 Å². The molecule has 18 heavy (non-hydrogen) atoms. The molecule has 0 aliphatic rings. The smallest absolute Gasteiger partial charge is 0.134 e. The van der Waals surface area contributed by atoms with Crippen LogP contribution in [0.15, 0.2) is 36.4 Å². The summed E-state index contributed by atoms with van der Waals surface area (Å²) in [5.41, 5.74) is 0.762. The van der Waals surface area contributed by atoms with Crippen molar-refractivity contribution in [2.45, 2.75) is 12.8 Å². The summed E-state index contributed by atoms with van der Waals surface area (Å²) in [5.74, 6) is 0.0877. The number of alkyl halides is 1. The fraction of sp³-hybridized carbons (Fsp3) is 0.143. The number of rotatable bonds is 3.